The lowest BCUT2D eigenvalue weighted by molar-refractivity contribution is 0.296. The van der Waals surface area contributed by atoms with Gasteiger partial charge in [0.25, 0.3) is 10.0 Å². The van der Waals surface area contributed by atoms with Gasteiger partial charge in [-0.15, -0.1) is 0 Å². The minimum Gasteiger partial charge on any atom is -0.486 e. The van der Waals surface area contributed by atoms with Crippen molar-refractivity contribution in [2.45, 2.75) is 5.03 Å². The number of aryl methyl sites for hydroxylation is 1. The molecule has 0 aliphatic carbocycles. The third kappa shape index (κ3) is 2.13. The molecule has 1 aliphatic heterocycles. The van der Waals surface area contributed by atoms with E-state index in [4.69, 9.17) is 4.74 Å². The number of rotatable bonds is 2. The van der Waals surface area contributed by atoms with Gasteiger partial charge in [0.15, 0.2) is 22.4 Å². The fourth-order valence-corrected chi connectivity index (χ4v) is 3.54. The molecular formula is C12H11F2N3O3S. The number of ether oxygens (including phenoxy) is 1. The van der Waals surface area contributed by atoms with Crippen LogP contribution in [0.15, 0.2) is 29.7 Å². The Labute approximate surface area is 119 Å². The molecule has 0 fully saturated rings. The van der Waals surface area contributed by atoms with Crippen LogP contribution < -0.4 is 9.04 Å². The van der Waals surface area contributed by atoms with Crippen molar-refractivity contribution in [1.29, 1.82) is 0 Å². The largest absolute Gasteiger partial charge is 0.486 e. The summed E-state index contributed by atoms with van der Waals surface area (Å²) in [5.74, 6) is -2.08. The second kappa shape index (κ2) is 4.69. The Morgan fingerprint density at radius 3 is 2.67 bits per heavy atom. The van der Waals surface area contributed by atoms with Crippen molar-refractivity contribution in [2.75, 3.05) is 17.5 Å². The van der Waals surface area contributed by atoms with Gasteiger partial charge in [0.1, 0.15) is 12.3 Å². The van der Waals surface area contributed by atoms with Crippen LogP contribution in [0.4, 0.5) is 14.5 Å². The molecule has 0 bridgehead atoms. The first-order valence-corrected chi connectivity index (χ1v) is 7.47. The van der Waals surface area contributed by atoms with Crippen LogP contribution in [0.3, 0.4) is 0 Å². The van der Waals surface area contributed by atoms with Crippen LogP contribution in [0.25, 0.3) is 0 Å². The van der Waals surface area contributed by atoms with Crippen LogP contribution in [-0.4, -0.2) is 31.1 Å². The minimum absolute atomic E-state index is 0.0700. The molecule has 1 aliphatic rings. The summed E-state index contributed by atoms with van der Waals surface area (Å²) in [6.07, 6.45) is 2.61. The average molecular weight is 315 g/mol. The van der Waals surface area contributed by atoms with E-state index in [0.29, 0.717) is 0 Å². The lowest BCUT2D eigenvalue weighted by Crippen LogP contribution is -2.39. The normalized spacial score (nSPS) is 14.7. The zero-order chi connectivity index (χ0) is 15.2. The van der Waals surface area contributed by atoms with Gasteiger partial charge in [-0.3, -0.25) is 4.31 Å². The number of halogens is 2. The fraction of sp³-hybridized carbons (Fsp3) is 0.250. The standard InChI is InChI=1S/C12H11F2N3O3S/c1-16-6-10(15-7-16)21(18,19)17-4-5-20-12-9(14)3-2-8(13)11(12)17/h2-3,6-7H,4-5H2,1H3. The molecule has 0 spiro atoms. The zero-order valence-corrected chi connectivity index (χ0v) is 11.8. The van der Waals surface area contributed by atoms with E-state index in [2.05, 4.69) is 4.98 Å². The molecule has 1 aromatic heterocycles. The third-order valence-electron chi connectivity index (χ3n) is 3.06. The van der Waals surface area contributed by atoms with Gasteiger partial charge in [0, 0.05) is 13.2 Å². The van der Waals surface area contributed by atoms with Crippen LogP contribution in [0.2, 0.25) is 0 Å². The van der Waals surface area contributed by atoms with E-state index in [-0.39, 0.29) is 18.2 Å². The SMILES string of the molecule is Cn1cnc(S(=O)(=O)N2CCOc3c(F)ccc(F)c32)c1. The summed E-state index contributed by atoms with van der Waals surface area (Å²) < 4.78 is 60.0. The third-order valence-corrected chi connectivity index (χ3v) is 4.74. The summed E-state index contributed by atoms with van der Waals surface area (Å²) in [6, 6.07) is 1.76. The Kier molecular flexibility index (Phi) is 3.08. The van der Waals surface area contributed by atoms with Crippen molar-refractivity contribution in [1.82, 2.24) is 9.55 Å². The highest BCUT2D eigenvalue weighted by atomic mass is 32.2. The molecule has 0 unspecified atom stereocenters. The Morgan fingerprint density at radius 2 is 2.00 bits per heavy atom. The maximum atomic E-state index is 14.0. The summed E-state index contributed by atoms with van der Waals surface area (Å²) in [7, 11) is -2.47. The topological polar surface area (TPSA) is 64.4 Å². The van der Waals surface area contributed by atoms with Crippen molar-refractivity contribution in [3.63, 3.8) is 0 Å². The van der Waals surface area contributed by atoms with Crippen molar-refractivity contribution in [3.8, 4) is 5.75 Å². The van der Waals surface area contributed by atoms with E-state index in [1.165, 1.54) is 17.1 Å². The summed E-state index contributed by atoms with van der Waals surface area (Å²) in [6.45, 7) is -0.189. The Hall–Kier alpha value is -2.16. The highest BCUT2D eigenvalue weighted by Gasteiger charge is 2.35. The molecule has 0 atom stereocenters. The van der Waals surface area contributed by atoms with E-state index >= 15 is 0 Å². The minimum atomic E-state index is -4.08. The molecule has 2 heterocycles. The molecule has 6 nitrogen and oxygen atoms in total. The Morgan fingerprint density at radius 1 is 1.29 bits per heavy atom. The van der Waals surface area contributed by atoms with E-state index in [1.807, 2.05) is 0 Å². The summed E-state index contributed by atoms with van der Waals surface area (Å²) in [4.78, 5) is 3.76. The van der Waals surface area contributed by atoms with Gasteiger partial charge in [0.05, 0.1) is 12.9 Å². The number of fused-ring (bicyclic) bond motifs is 1. The second-order valence-electron chi connectivity index (χ2n) is 4.51. The van der Waals surface area contributed by atoms with E-state index in [1.54, 1.807) is 7.05 Å². The van der Waals surface area contributed by atoms with Gasteiger partial charge >= 0.3 is 0 Å². The van der Waals surface area contributed by atoms with Gasteiger partial charge < -0.3 is 9.30 Å². The Balaban J connectivity index is 2.17. The number of aromatic nitrogens is 2. The predicted octanol–water partition coefficient (Wildman–Crippen LogP) is 1.29. The molecule has 112 valence electrons. The molecule has 0 N–H and O–H groups in total. The smallest absolute Gasteiger partial charge is 0.283 e. The fourth-order valence-electron chi connectivity index (χ4n) is 2.11. The number of anilines is 1. The van der Waals surface area contributed by atoms with E-state index < -0.39 is 33.1 Å². The van der Waals surface area contributed by atoms with Crippen LogP contribution >= 0.6 is 0 Å². The Bertz CT molecular complexity index is 804. The van der Waals surface area contributed by atoms with Gasteiger partial charge in [-0.2, -0.15) is 8.42 Å². The van der Waals surface area contributed by atoms with Crippen molar-refractivity contribution in [2.24, 2.45) is 7.05 Å². The molecule has 0 saturated heterocycles. The summed E-state index contributed by atoms with van der Waals surface area (Å²) in [5.41, 5.74) is -0.424. The molecular weight excluding hydrogens is 304 g/mol. The van der Waals surface area contributed by atoms with E-state index in [0.717, 1.165) is 16.4 Å². The lowest BCUT2D eigenvalue weighted by Gasteiger charge is -2.30. The molecule has 2 aromatic rings. The van der Waals surface area contributed by atoms with Crippen molar-refractivity contribution in [3.05, 3.63) is 36.3 Å². The number of nitrogens with zero attached hydrogens (tertiary/aromatic N) is 3. The molecule has 0 amide bonds. The van der Waals surface area contributed by atoms with Crippen LogP contribution in [0, 0.1) is 11.6 Å². The number of hydrogen-bond donors (Lipinski definition) is 0. The monoisotopic (exact) mass is 315 g/mol. The second-order valence-corrected chi connectivity index (χ2v) is 6.32. The van der Waals surface area contributed by atoms with Crippen LogP contribution in [0.1, 0.15) is 0 Å². The highest BCUT2D eigenvalue weighted by Crippen LogP contribution is 2.39. The number of imidazole rings is 1. The molecule has 3 rings (SSSR count). The molecule has 1 aromatic carbocycles. The average Bonchev–Trinajstić information content (AvgIpc) is 2.90. The summed E-state index contributed by atoms with van der Waals surface area (Å²) >= 11 is 0. The zero-order valence-electron chi connectivity index (χ0n) is 11.0. The van der Waals surface area contributed by atoms with Crippen molar-refractivity contribution >= 4 is 15.7 Å². The highest BCUT2D eigenvalue weighted by molar-refractivity contribution is 7.92. The van der Waals surface area contributed by atoms with Gasteiger partial charge in [-0.05, 0) is 12.1 Å². The number of benzene rings is 1. The molecule has 21 heavy (non-hydrogen) atoms. The molecule has 0 saturated carbocycles. The van der Waals surface area contributed by atoms with E-state index in [9.17, 15) is 17.2 Å². The quantitative estimate of drug-likeness (QED) is 0.837. The molecule has 9 heteroatoms. The van der Waals surface area contributed by atoms with Crippen molar-refractivity contribution < 1.29 is 21.9 Å². The van der Waals surface area contributed by atoms with Crippen LogP contribution in [-0.2, 0) is 17.1 Å². The lowest BCUT2D eigenvalue weighted by atomic mass is 10.2. The summed E-state index contributed by atoms with van der Waals surface area (Å²) in [5, 5.41) is -0.235. The maximum absolute atomic E-state index is 14.0. The first kappa shape index (κ1) is 13.8. The first-order chi connectivity index (χ1) is 9.91. The van der Waals surface area contributed by atoms with Crippen LogP contribution in [0.5, 0.6) is 5.75 Å². The number of hydrogen-bond acceptors (Lipinski definition) is 4. The maximum Gasteiger partial charge on any atom is 0.283 e. The first-order valence-electron chi connectivity index (χ1n) is 6.03. The number of sulfonamides is 1. The molecule has 0 radical (unpaired) electrons. The van der Waals surface area contributed by atoms with Gasteiger partial charge in [0.2, 0.25) is 0 Å². The van der Waals surface area contributed by atoms with Gasteiger partial charge in [-0.1, -0.05) is 0 Å². The predicted molar refractivity (Wildman–Crippen MR) is 69.6 cm³/mol. The van der Waals surface area contributed by atoms with Gasteiger partial charge in [-0.25, -0.2) is 13.8 Å².